The zero-order chi connectivity index (χ0) is 20.5. The molecule has 3 rings (SSSR count). The summed E-state index contributed by atoms with van der Waals surface area (Å²) in [5, 5.41) is 10.7. The molecule has 1 heterocycles. The summed E-state index contributed by atoms with van der Waals surface area (Å²) in [5.41, 5.74) is 2.68. The van der Waals surface area contributed by atoms with Crippen molar-refractivity contribution in [2.24, 2.45) is 0 Å². The molecule has 1 aliphatic rings. The van der Waals surface area contributed by atoms with E-state index in [0.717, 1.165) is 12.0 Å². The molecule has 1 unspecified atom stereocenters. The lowest BCUT2D eigenvalue weighted by atomic mass is 9.77. The van der Waals surface area contributed by atoms with E-state index in [1.165, 1.54) is 5.56 Å². The van der Waals surface area contributed by atoms with Crippen LogP contribution in [-0.4, -0.2) is 35.6 Å². The summed E-state index contributed by atoms with van der Waals surface area (Å²) >= 11 is 12.3. The Morgan fingerprint density at radius 1 is 1.11 bits per heavy atom. The summed E-state index contributed by atoms with van der Waals surface area (Å²) in [4.78, 5) is 14.9. The van der Waals surface area contributed by atoms with E-state index in [0.29, 0.717) is 35.1 Å². The Bertz CT molecular complexity index is 858. The van der Waals surface area contributed by atoms with Crippen LogP contribution in [0.2, 0.25) is 10.0 Å². The van der Waals surface area contributed by atoms with Crippen LogP contribution < -0.4 is 0 Å². The molecule has 1 amide bonds. The fourth-order valence-electron chi connectivity index (χ4n) is 3.97. The van der Waals surface area contributed by atoms with E-state index < -0.39 is 0 Å². The van der Waals surface area contributed by atoms with Gasteiger partial charge in [-0.25, -0.2) is 0 Å². The first-order chi connectivity index (χ1) is 13.2. The molecule has 1 aliphatic heterocycles. The van der Waals surface area contributed by atoms with Crippen LogP contribution in [-0.2, 0) is 10.8 Å². The molecule has 2 aromatic carbocycles. The third kappa shape index (κ3) is 4.22. The van der Waals surface area contributed by atoms with Crippen molar-refractivity contribution >= 4 is 29.1 Å². The van der Waals surface area contributed by atoms with E-state index in [1.54, 1.807) is 6.07 Å². The number of carbonyl (C=O) groups is 1. The van der Waals surface area contributed by atoms with Crippen molar-refractivity contribution < 1.29 is 9.90 Å². The Morgan fingerprint density at radius 2 is 1.79 bits per heavy atom. The van der Waals surface area contributed by atoms with Crippen LogP contribution in [0.25, 0.3) is 0 Å². The molecule has 0 bridgehead atoms. The number of benzene rings is 2. The van der Waals surface area contributed by atoms with Gasteiger partial charge >= 0.3 is 0 Å². The van der Waals surface area contributed by atoms with Gasteiger partial charge in [0.2, 0.25) is 0 Å². The van der Waals surface area contributed by atoms with Gasteiger partial charge in [0, 0.05) is 30.7 Å². The zero-order valence-electron chi connectivity index (χ0n) is 16.6. The van der Waals surface area contributed by atoms with Gasteiger partial charge < -0.3 is 10.0 Å². The normalized spacial score (nSPS) is 19.9. The predicted molar refractivity (Wildman–Crippen MR) is 116 cm³/mol. The molecular formula is C23H27Cl2NO2. The van der Waals surface area contributed by atoms with E-state index in [2.05, 4.69) is 20.8 Å². The Kier molecular flexibility index (Phi) is 6.09. The molecule has 0 aliphatic carbocycles. The molecule has 1 fully saturated rings. The highest BCUT2D eigenvalue weighted by molar-refractivity contribution is 6.42. The number of rotatable bonds is 4. The predicted octanol–water partition coefficient (Wildman–Crippen LogP) is 5.46. The SMILES string of the molecule is CC(C)(C)c1ccc(C(=O)N2CCC(CCO)(c3ccc(Cl)c(Cl)c3)C2)cc1. The van der Waals surface area contributed by atoms with Gasteiger partial charge in [-0.15, -0.1) is 0 Å². The van der Waals surface area contributed by atoms with Crippen molar-refractivity contribution in [2.75, 3.05) is 19.7 Å². The number of halogens is 2. The van der Waals surface area contributed by atoms with Crippen LogP contribution in [0, 0.1) is 0 Å². The molecule has 150 valence electrons. The minimum atomic E-state index is -0.302. The third-order valence-corrected chi connectivity index (χ3v) is 6.50. The lowest BCUT2D eigenvalue weighted by Gasteiger charge is -2.30. The van der Waals surface area contributed by atoms with Gasteiger partial charge in [-0.05, 0) is 53.6 Å². The molecule has 0 spiro atoms. The van der Waals surface area contributed by atoms with Crippen LogP contribution in [0.1, 0.15) is 55.1 Å². The van der Waals surface area contributed by atoms with Crippen molar-refractivity contribution in [1.29, 1.82) is 0 Å². The second-order valence-electron chi connectivity index (χ2n) is 8.69. The summed E-state index contributed by atoms with van der Waals surface area (Å²) < 4.78 is 0. The fourth-order valence-corrected chi connectivity index (χ4v) is 4.26. The third-order valence-electron chi connectivity index (χ3n) is 5.76. The molecule has 28 heavy (non-hydrogen) atoms. The van der Waals surface area contributed by atoms with E-state index in [1.807, 2.05) is 41.3 Å². The average molecular weight is 420 g/mol. The average Bonchev–Trinajstić information content (AvgIpc) is 3.08. The maximum atomic E-state index is 13.1. The first kappa shape index (κ1) is 21.2. The van der Waals surface area contributed by atoms with Crippen molar-refractivity contribution in [3.8, 4) is 0 Å². The lowest BCUT2D eigenvalue weighted by Crippen LogP contribution is -2.35. The molecule has 3 nitrogen and oxygen atoms in total. The maximum Gasteiger partial charge on any atom is 0.253 e. The summed E-state index contributed by atoms with van der Waals surface area (Å²) in [6, 6.07) is 13.5. The van der Waals surface area contributed by atoms with Crippen LogP contribution >= 0.6 is 23.2 Å². The van der Waals surface area contributed by atoms with Crippen molar-refractivity contribution in [1.82, 2.24) is 4.90 Å². The van der Waals surface area contributed by atoms with E-state index in [-0.39, 0.29) is 23.3 Å². The van der Waals surface area contributed by atoms with Gasteiger partial charge in [-0.3, -0.25) is 4.79 Å². The monoisotopic (exact) mass is 419 g/mol. The molecule has 2 aromatic rings. The van der Waals surface area contributed by atoms with Gasteiger partial charge in [0.05, 0.1) is 10.0 Å². The summed E-state index contributed by atoms with van der Waals surface area (Å²) in [6.07, 6.45) is 1.37. The minimum Gasteiger partial charge on any atom is -0.396 e. The quantitative estimate of drug-likeness (QED) is 0.714. The van der Waals surface area contributed by atoms with Gasteiger partial charge in [0.15, 0.2) is 0 Å². The van der Waals surface area contributed by atoms with Crippen LogP contribution in [0.3, 0.4) is 0 Å². The first-order valence-corrected chi connectivity index (χ1v) is 10.4. The van der Waals surface area contributed by atoms with E-state index in [4.69, 9.17) is 23.2 Å². The summed E-state index contributed by atoms with van der Waals surface area (Å²) in [6.45, 7) is 7.74. The van der Waals surface area contributed by atoms with Crippen LogP contribution in [0.15, 0.2) is 42.5 Å². The molecule has 1 N–H and O–H groups in total. The summed E-state index contributed by atoms with van der Waals surface area (Å²) in [7, 11) is 0. The number of aliphatic hydroxyl groups is 1. The van der Waals surface area contributed by atoms with E-state index in [9.17, 15) is 9.90 Å². The van der Waals surface area contributed by atoms with Crippen LogP contribution in [0.5, 0.6) is 0 Å². The molecule has 5 heteroatoms. The largest absolute Gasteiger partial charge is 0.396 e. The Balaban J connectivity index is 1.83. The van der Waals surface area contributed by atoms with Gasteiger partial charge in [-0.2, -0.15) is 0 Å². The Labute approximate surface area is 177 Å². The molecule has 1 atom stereocenters. The first-order valence-electron chi connectivity index (χ1n) is 9.62. The number of nitrogens with zero attached hydrogens (tertiary/aromatic N) is 1. The Hall–Kier alpha value is -1.55. The molecule has 0 radical (unpaired) electrons. The highest BCUT2D eigenvalue weighted by atomic mass is 35.5. The van der Waals surface area contributed by atoms with Gasteiger partial charge in [0.25, 0.3) is 5.91 Å². The minimum absolute atomic E-state index is 0.0281. The zero-order valence-corrected chi connectivity index (χ0v) is 18.1. The number of amides is 1. The standard InChI is InChI=1S/C23H27Cl2NO2/c1-22(2,3)17-6-4-16(5-7-17)21(28)26-12-10-23(15-26,11-13-27)18-8-9-19(24)20(25)14-18/h4-9,14,27H,10-13,15H2,1-3H3. The van der Waals surface area contributed by atoms with Crippen LogP contribution in [0.4, 0.5) is 0 Å². The number of hydrogen-bond donors (Lipinski definition) is 1. The number of carbonyl (C=O) groups excluding carboxylic acids is 1. The second kappa shape index (κ2) is 8.06. The topological polar surface area (TPSA) is 40.5 Å². The van der Waals surface area contributed by atoms with Crippen molar-refractivity contribution in [2.45, 2.75) is 44.4 Å². The number of hydrogen-bond acceptors (Lipinski definition) is 2. The number of aliphatic hydroxyl groups excluding tert-OH is 1. The highest BCUT2D eigenvalue weighted by Crippen LogP contribution is 2.40. The Morgan fingerprint density at radius 3 is 2.36 bits per heavy atom. The smallest absolute Gasteiger partial charge is 0.253 e. The van der Waals surface area contributed by atoms with Crippen molar-refractivity contribution in [3.63, 3.8) is 0 Å². The fraction of sp³-hybridized carbons (Fsp3) is 0.435. The van der Waals surface area contributed by atoms with Gasteiger partial charge in [-0.1, -0.05) is 62.2 Å². The second-order valence-corrected chi connectivity index (χ2v) is 9.50. The number of likely N-dealkylation sites (tertiary alicyclic amines) is 1. The highest BCUT2D eigenvalue weighted by Gasteiger charge is 2.41. The molecular weight excluding hydrogens is 393 g/mol. The van der Waals surface area contributed by atoms with Crippen molar-refractivity contribution in [3.05, 3.63) is 69.2 Å². The molecule has 0 aromatic heterocycles. The molecule has 1 saturated heterocycles. The van der Waals surface area contributed by atoms with E-state index >= 15 is 0 Å². The summed E-state index contributed by atoms with van der Waals surface area (Å²) in [5.74, 6) is 0.0281. The molecule has 0 saturated carbocycles. The maximum absolute atomic E-state index is 13.1. The van der Waals surface area contributed by atoms with Gasteiger partial charge in [0.1, 0.15) is 0 Å². The lowest BCUT2D eigenvalue weighted by molar-refractivity contribution is 0.0779.